The van der Waals surface area contributed by atoms with Gasteiger partial charge in [0.25, 0.3) is 0 Å². The zero-order chi connectivity index (χ0) is 13.7. The van der Waals surface area contributed by atoms with Gasteiger partial charge in [-0.3, -0.25) is 9.59 Å². The molecule has 0 aliphatic carbocycles. The van der Waals surface area contributed by atoms with Crippen LogP contribution in [-0.2, 0) is 16.1 Å². The lowest BCUT2D eigenvalue weighted by Gasteiger charge is -2.13. The van der Waals surface area contributed by atoms with E-state index in [0.717, 1.165) is 17.9 Å². The number of carbonyl (C=O) groups excluding carboxylic acids is 3. The molecule has 0 spiro atoms. The van der Waals surface area contributed by atoms with Crippen LogP contribution in [-0.4, -0.2) is 37.3 Å². The second kappa shape index (κ2) is 5.76. The third-order valence-electron chi connectivity index (χ3n) is 2.25. The molecule has 1 rings (SSSR count). The number of methoxy groups -OCH3 is 2. The predicted octanol–water partition coefficient (Wildman–Crippen LogP) is -0.345. The Bertz CT molecular complexity index is 545. The first-order valence-electron chi connectivity index (χ1n) is 4.89. The Morgan fingerprint density at radius 3 is 2.50 bits per heavy atom. The summed E-state index contributed by atoms with van der Waals surface area (Å²) in [6, 6.07) is 0. The number of ether oxygens (including phenoxy) is 2. The SMILES string of the molecule is COC(=O)c1c(OC)c(=O)c(C=O)cn1CC=O. The van der Waals surface area contributed by atoms with Crippen LogP contribution in [0.15, 0.2) is 11.0 Å². The van der Waals surface area contributed by atoms with E-state index in [9.17, 15) is 19.2 Å². The maximum Gasteiger partial charge on any atom is 0.358 e. The number of aromatic nitrogens is 1. The zero-order valence-electron chi connectivity index (χ0n) is 9.84. The molecule has 1 aromatic heterocycles. The first kappa shape index (κ1) is 13.6. The molecule has 0 N–H and O–H groups in total. The number of aldehydes is 2. The highest BCUT2D eigenvalue weighted by Crippen LogP contribution is 2.15. The molecule has 0 atom stereocenters. The fourth-order valence-corrected chi connectivity index (χ4v) is 1.46. The van der Waals surface area contributed by atoms with Crippen LogP contribution in [0.4, 0.5) is 0 Å². The van der Waals surface area contributed by atoms with Crippen molar-refractivity contribution in [3.05, 3.63) is 27.7 Å². The monoisotopic (exact) mass is 253 g/mol. The molecule has 0 aromatic carbocycles. The maximum atomic E-state index is 11.8. The number of nitrogens with zero attached hydrogens (tertiary/aromatic N) is 1. The predicted molar refractivity (Wildman–Crippen MR) is 60.0 cm³/mol. The lowest BCUT2D eigenvalue weighted by atomic mass is 10.2. The zero-order valence-corrected chi connectivity index (χ0v) is 9.84. The normalized spacial score (nSPS) is 9.67. The molecule has 1 aromatic rings. The molecule has 7 nitrogen and oxygen atoms in total. The van der Waals surface area contributed by atoms with Crippen molar-refractivity contribution in [2.45, 2.75) is 6.54 Å². The lowest BCUT2D eigenvalue weighted by Crippen LogP contribution is -2.24. The average molecular weight is 253 g/mol. The summed E-state index contributed by atoms with van der Waals surface area (Å²) in [5.41, 5.74) is -1.14. The second-order valence-corrected chi connectivity index (χ2v) is 3.22. The van der Waals surface area contributed by atoms with E-state index in [0.29, 0.717) is 12.6 Å². The summed E-state index contributed by atoms with van der Waals surface area (Å²) in [5, 5.41) is 0. The van der Waals surface area contributed by atoms with Gasteiger partial charge in [-0.05, 0) is 0 Å². The van der Waals surface area contributed by atoms with Crippen molar-refractivity contribution in [2.75, 3.05) is 14.2 Å². The molecule has 0 radical (unpaired) electrons. The number of carbonyl (C=O) groups is 3. The van der Waals surface area contributed by atoms with E-state index >= 15 is 0 Å². The standard InChI is InChI=1S/C11H11NO6/c1-17-10-8(11(16)18-2)12(3-4-13)5-7(6-14)9(10)15/h4-6H,3H2,1-2H3. The molecule has 1 heterocycles. The van der Waals surface area contributed by atoms with Gasteiger partial charge < -0.3 is 18.8 Å². The van der Waals surface area contributed by atoms with Gasteiger partial charge in [0.05, 0.1) is 26.3 Å². The smallest absolute Gasteiger partial charge is 0.358 e. The molecule has 7 heteroatoms. The summed E-state index contributed by atoms with van der Waals surface area (Å²) in [5.74, 6) is -1.16. The van der Waals surface area contributed by atoms with Crippen molar-refractivity contribution < 1.29 is 23.9 Å². The highest BCUT2D eigenvalue weighted by molar-refractivity contribution is 5.92. The van der Waals surface area contributed by atoms with Crippen LogP contribution in [0, 0.1) is 0 Å². The van der Waals surface area contributed by atoms with Crippen molar-refractivity contribution in [3.8, 4) is 5.75 Å². The number of hydrogen-bond donors (Lipinski definition) is 0. The minimum atomic E-state index is -0.830. The summed E-state index contributed by atoms with van der Waals surface area (Å²) >= 11 is 0. The molecule has 0 aliphatic heterocycles. The molecular formula is C11H11NO6. The Morgan fingerprint density at radius 2 is 2.06 bits per heavy atom. The molecule has 0 aliphatic rings. The van der Waals surface area contributed by atoms with Crippen molar-refractivity contribution in [1.82, 2.24) is 4.57 Å². The van der Waals surface area contributed by atoms with Gasteiger partial charge in [0, 0.05) is 6.20 Å². The number of esters is 1. The fourth-order valence-electron chi connectivity index (χ4n) is 1.46. The Morgan fingerprint density at radius 1 is 1.39 bits per heavy atom. The van der Waals surface area contributed by atoms with E-state index in [1.54, 1.807) is 0 Å². The minimum absolute atomic E-state index is 0.206. The lowest BCUT2D eigenvalue weighted by molar-refractivity contribution is -0.108. The van der Waals surface area contributed by atoms with E-state index in [2.05, 4.69) is 4.74 Å². The Labute approximate surface area is 102 Å². The van der Waals surface area contributed by atoms with E-state index in [1.807, 2.05) is 0 Å². The molecule has 0 amide bonds. The van der Waals surface area contributed by atoms with Crippen LogP contribution < -0.4 is 10.2 Å². The van der Waals surface area contributed by atoms with Crippen molar-refractivity contribution in [1.29, 1.82) is 0 Å². The van der Waals surface area contributed by atoms with E-state index in [1.165, 1.54) is 7.11 Å². The van der Waals surface area contributed by atoms with Crippen LogP contribution >= 0.6 is 0 Å². The summed E-state index contributed by atoms with van der Waals surface area (Å²) < 4.78 is 10.5. The average Bonchev–Trinajstić information content (AvgIpc) is 2.39. The van der Waals surface area contributed by atoms with Gasteiger partial charge in [0.1, 0.15) is 6.29 Å². The Kier molecular flexibility index (Phi) is 4.36. The summed E-state index contributed by atoms with van der Waals surface area (Å²) in [4.78, 5) is 44.6. The van der Waals surface area contributed by atoms with Crippen LogP contribution in [0.3, 0.4) is 0 Å². The quantitative estimate of drug-likeness (QED) is 0.526. The van der Waals surface area contributed by atoms with Crippen LogP contribution in [0.25, 0.3) is 0 Å². The van der Waals surface area contributed by atoms with Crippen molar-refractivity contribution in [2.24, 2.45) is 0 Å². The van der Waals surface area contributed by atoms with E-state index in [-0.39, 0.29) is 23.6 Å². The van der Waals surface area contributed by atoms with Gasteiger partial charge in [-0.25, -0.2) is 4.79 Å². The van der Waals surface area contributed by atoms with Gasteiger partial charge in [-0.15, -0.1) is 0 Å². The van der Waals surface area contributed by atoms with Gasteiger partial charge in [-0.1, -0.05) is 0 Å². The van der Waals surface area contributed by atoms with Gasteiger partial charge in [0.2, 0.25) is 5.43 Å². The summed E-state index contributed by atoms with van der Waals surface area (Å²) in [6.45, 7) is -0.206. The first-order valence-corrected chi connectivity index (χ1v) is 4.89. The maximum absolute atomic E-state index is 11.8. The van der Waals surface area contributed by atoms with Crippen molar-refractivity contribution >= 4 is 18.5 Å². The van der Waals surface area contributed by atoms with Crippen molar-refractivity contribution in [3.63, 3.8) is 0 Å². The molecule has 0 fully saturated rings. The summed E-state index contributed by atoms with van der Waals surface area (Å²) in [7, 11) is 2.31. The van der Waals surface area contributed by atoms with E-state index in [4.69, 9.17) is 4.74 Å². The molecule has 0 saturated carbocycles. The van der Waals surface area contributed by atoms with Gasteiger partial charge >= 0.3 is 5.97 Å². The van der Waals surface area contributed by atoms with Gasteiger partial charge in [0.15, 0.2) is 17.7 Å². The Balaban J connectivity index is 3.67. The van der Waals surface area contributed by atoms with Crippen LogP contribution in [0.5, 0.6) is 5.75 Å². The minimum Gasteiger partial charge on any atom is -0.491 e. The molecule has 0 bridgehead atoms. The third kappa shape index (κ3) is 2.29. The second-order valence-electron chi connectivity index (χ2n) is 3.22. The molecule has 0 unspecified atom stereocenters. The largest absolute Gasteiger partial charge is 0.491 e. The highest BCUT2D eigenvalue weighted by Gasteiger charge is 2.22. The topological polar surface area (TPSA) is 91.7 Å². The van der Waals surface area contributed by atoms with E-state index < -0.39 is 11.4 Å². The summed E-state index contributed by atoms with van der Waals surface area (Å²) in [6.07, 6.45) is 1.96. The van der Waals surface area contributed by atoms with Crippen LogP contribution in [0.2, 0.25) is 0 Å². The Hall–Kier alpha value is -2.44. The molecule has 96 valence electrons. The first-order chi connectivity index (χ1) is 8.60. The number of hydrogen-bond acceptors (Lipinski definition) is 6. The van der Waals surface area contributed by atoms with Crippen LogP contribution in [0.1, 0.15) is 20.8 Å². The van der Waals surface area contributed by atoms with Gasteiger partial charge in [-0.2, -0.15) is 0 Å². The molecule has 18 heavy (non-hydrogen) atoms. The highest BCUT2D eigenvalue weighted by atomic mass is 16.5. The molecule has 0 saturated heterocycles. The third-order valence-corrected chi connectivity index (χ3v) is 2.25. The fraction of sp³-hybridized carbons (Fsp3) is 0.273. The number of pyridine rings is 1. The number of rotatable bonds is 5. The molecular weight excluding hydrogens is 242 g/mol.